The van der Waals surface area contributed by atoms with Crippen molar-refractivity contribution < 1.29 is 18.3 Å². The number of aromatic nitrogens is 1. The first-order chi connectivity index (χ1) is 10.3. The highest BCUT2D eigenvalue weighted by Gasteiger charge is 2.36. The van der Waals surface area contributed by atoms with E-state index in [9.17, 15) is 18.3 Å². The highest BCUT2D eigenvalue weighted by Crippen LogP contribution is 2.43. The average Bonchev–Trinajstić information content (AvgIpc) is 2.71. The van der Waals surface area contributed by atoms with Gasteiger partial charge >= 0.3 is 6.18 Å². The molecule has 3 rings (SSSR count). The van der Waals surface area contributed by atoms with Gasteiger partial charge in [0.05, 0.1) is 10.9 Å². The van der Waals surface area contributed by atoms with Crippen LogP contribution in [0.25, 0.3) is 16.8 Å². The molecule has 22 heavy (non-hydrogen) atoms. The molecule has 1 aromatic heterocycles. The van der Waals surface area contributed by atoms with Gasteiger partial charge in [-0.2, -0.15) is 13.2 Å². The maximum absolute atomic E-state index is 13.4. The van der Waals surface area contributed by atoms with Gasteiger partial charge in [-0.25, -0.2) is 0 Å². The van der Waals surface area contributed by atoms with E-state index in [1.54, 1.807) is 16.7 Å². The van der Waals surface area contributed by atoms with Crippen LogP contribution in [0.4, 0.5) is 13.2 Å². The Bertz CT molecular complexity index is 768. The highest BCUT2D eigenvalue weighted by atomic mass is 19.4. The Kier molecular flexibility index (Phi) is 3.44. The summed E-state index contributed by atoms with van der Waals surface area (Å²) in [6.07, 6.45) is -2.79. The SMILES string of the molecule is CC(C)=Cc1cc(C(F)(F)F)c2c(O)n3c(c2c1)CNCC3. The number of fused-ring (bicyclic) bond motifs is 3. The molecule has 0 aliphatic carbocycles. The fraction of sp³-hybridized carbons (Fsp3) is 0.375. The van der Waals surface area contributed by atoms with Crippen LogP contribution in [0.5, 0.6) is 5.88 Å². The molecule has 0 saturated carbocycles. The molecule has 1 aromatic carbocycles. The molecule has 3 nitrogen and oxygen atoms in total. The summed E-state index contributed by atoms with van der Waals surface area (Å²) in [7, 11) is 0. The lowest BCUT2D eigenvalue weighted by atomic mass is 10.0. The lowest BCUT2D eigenvalue weighted by Crippen LogP contribution is -2.27. The van der Waals surface area contributed by atoms with Gasteiger partial charge in [0.2, 0.25) is 0 Å². The number of nitrogens with one attached hydrogen (secondary N) is 1. The zero-order chi connectivity index (χ0) is 16.1. The van der Waals surface area contributed by atoms with Crippen molar-refractivity contribution in [3.05, 3.63) is 34.5 Å². The summed E-state index contributed by atoms with van der Waals surface area (Å²) in [5, 5.41) is 13.8. The Morgan fingerprint density at radius 2 is 2.05 bits per heavy atom. The Morgan fingerprint density at radius 1 is 1.32 bits per heavy atom. The van der Waals surface area contributed by atoms with Crippen LogP contribution in [0.1, 0.15) is 30.7 Å². The molecule has 0 fully saturated rings. The molecule has 2 aromatic rings. The van der Waals surface area contributed by atoms with Crippen LogP contribution in [0.3, 0.4) is 0 Å². The largest absolute Gasteiger partial charge is 0.494 e. The summed E-state index contributed by atoms with van der Waals surface area (Å²) in [6.45, 7) is 5.22. The van der Waals surface area contributed by atoms with E-state index in [1.807, 2.05) is 13.8 Å². The molecule has 0 unspecified atom stereocenters. The summed E-state index contributed by atoms with van der Waals surface area (Å²) in [4.78, 5) is 0. The lowest BCUT2D eigenvalue weighted by Gasteiger charge is -2.17. The zero-order valence-electron chi connectivity index (χ0n) is 12.4. The van der Waals surface area contributed by atoms with Gasteiger partial charge in [0.15, 0.2) is 5.88 Å². The standard InChI is InChI=1S/C16H17F3N2O/c1-9(2)5-10-6-11-13-8-20-3-4-21(13)15(22)14(11)12(7-10)16(17,18)19/h5-7,20,22H,3-4,8H2,1-2H3. The summed E-state index contributed by atoms with van der Waals surface area (Å²) in [5.41, 5.74) is 1.34. The van der Waals surface area contributed by atoms with Crippen LogP contribution in [0.2, 0.25) is 0 Å². The second kappa shape index (κ2) is 5.05. The second-order valence-corrected chi connectivity index (χ2v) is 5.81. The van der Waals surface area contributed by atoms with Crippen LogP contribution in [0, 0.1) is 0 Å². The molecular formula is C16H17F3N2O. The number of aromatic hydroxyl groups is 1. The fourth-order valence-electron chi connectivity index (χ4n) is 3.01. The quantitative estimate of drug-likeness (QED) is 0.838. The van der Waals surface area contributed by atoms with Crippen molar-refractivity contribution in [3.8, 4) is 5.88 Å². The summed E-state index contributed by atoms with van der Waals surface area (Å²) in [5.74, 6) is -0.289. The van der Waals surface area contributed by atoms with Gasteiger partial charge in [-0.1, -0.05) is 11.6 Å². The van der Waals surface area contributed by atoms with Crippen LogP contribution in [-0.4, -0.2) is 16.2 Å². The molecule has 0 bridgehead atoms. The number of nitrogens with zero attached hydrogens (tertiary/aromatic N) is 1. The molecule has 6 heteroatoms. The molecule has 118 valence electrons. The normalized spacial score (nSPS) is 15.0. The number of hydrogen-bond donors (Lipinski definition) is 2. The Morgan fingerprint density at radius 3 is 2.68 bits per heavy atom. The van der Waals surface area contributed by atoms with Crippen molar-refractivity contribution in [3.63, 3.8) is 0 Å². The average molecular weight is 310 g/mol. The zero-order valence-corrected chi connectivity index (χ0v) is 12.4. The summed E-state index contributed by atoms with van der Waals surface area (Å²) < 4.78 is 41.8. The van der Waals surface area contributed by atoms with E-state index >= 15 is 0 Å². The van der Waals surface area contributed by atoms with Crippen molar-refractivity contribution in [1.82, 2.24) is 9.88 Å². The first kappa shape index (κ1) is 15.0. The highest BCUT2D eigenvalue weighted by molar-refractivity contribution is 5.96. The molecule has 0 spiro atoms. The molecular weight excluding hydrogens is 293 g/mol. The van der Waals surface area contributed by atoms with E-state index in [0.29, 0.717) is 36.3 Å². The number of allylic oxidation sites excluding steroid dienone is 1. The molecule has 0 radical (unpaired) electrons. The van der Waals surface area contributed by atoms with E-state index in [-0.39, 0.29) is 11.3 Å². The third-order valence-electron chi connectivity index (χ3n) is 3.84. The van der Waals surface area contributed by atoms with Crippen LogP contribution >= 0.6 is 0 Å². The molecule has 0 amide bonds. The van der Waals surface area contributed by atoms with Gasteiger partial charge in [-0.3, -0.25) is 0 Å². The van der Waals surface area contributed by atoms with Gasteiger partial charge in [-0.05, 0) is 31.5 Å². The molecule has 1 aliphatic heterocycles. The number of benzene rings is 1. The maximum atomic E-state index is 13.4. The number of rotatable bonds is 1. The van der Waals surface area contributed by atoms with Crippen molar-refractivity contribution >= 4 is 16.8 Å². The van der Waals surface area contributed by atoms with Crippen molar-refractivity contribution in [2.45, 2.75) is 33.1 Å². The van der Waals surface area contributed by atoms with E-state index in [4.69, 9.17) is 0 Å². The van der Waals surface area contributed by atoms with Gasteiger partial charge in [0.25, 0.3) is 0 Å². The van der Waals surface area contributed by atoms with Gasteiger partial charge in [0.1, 0.15) is 0 Å². The predicted molar refractivity (Wildman–Crippen MR) is 79.6 cm³/mol. The Balaban J connectivity index is 2.40. The smallest absolute Gasteiger partial charge is 0.417 e. The van der Waals surface area contributed by atoms with Gasteiger partial charge < -0.3 is 15.0 Å². The number of alkyl halides is 3. The van der Waals surface area contributed by atoms with E-state index in [1.165, 1.54) is 0 Å². The van der Waals surface area contributed by atoms with Crippen molar-refractivity contribution in [1.29, 1.82) is 0 Å². The first-order valence-corrected chi connectivity index (χ1v) is 7.10. The van der Waals surface area contributed by atoms with Crippen molar-refractivity contribution in [2.24, 2.45) is 0 Å². The summed E-state index contributed by atoms with van der Waals surface area (Å²) in [6, 6.07) is 2.82. The molecule has 1 aliphatic rings. The van der Waals surface area contributed by atoms with Crippen molar-refractivity contribution in [2.75, 3.05) is 6.54 Å². The Hall–Kier alpha value is -1.95. The topological polar surface area (TPSA) is 37.2 Å². The minimum atomic E-state index is -4.51. The number of hydrogen-bond acceptors (Lipinski definition) is 2. The first-order valence-electron chi connectivity index (χ1n) is 7.10. The maximum Gasteiger partial charge on any atom is 0.417 e. The molecule has 0 saturated heterocycles. The summed E-state index contributed by atoms with van der Waals surface area (Å²) >= 11 is 0. The second-order valence-electron chi connectivity index (χ2n) is 5.81. The monoisotopic (exact) mass is 310 g/mol. The predicted octanol–water partition coefficient (Wildman–Crippen LogP) is 3.89. The van der Waals surface area contributed by atoms with E-state index < -0.39 is 11.7 Å². The van der Waals surface area contributed by atoms with Gasteiger partial charge in [0, 0.05) is 30.7 Å². The van der Waals surface area contributed by atoms with Crippen LogP contribution in [-0.2, 0) is 19.3 Å². The molecule has 2 heterocycles. The lowest BCUT2D eigenvalue weighted by molar-refractivity contribution is -0.136. The van der Waals surface area contributed by atoms with Crippen LogP contribution in [0.15, 0.2) is 17.7 Å². The van der Waals surface area contributed by atoms with E-state index in [0.717, 1.165) is 11.6 Å². The minimum absolute atomic E-state index is 0.0999. The fourth-order valence-corrected chi connectivity index (χ4v) is 3.01. The minimum Gasteiger partial charge on any atom is -0.494 e. The van der Waals surface area contributed by atoms with E-state index in [2.05, 4.69) is 5.32 Å². The molecule has 0 atom stereocenters. The third-order valence-corrected chi connectivity index (χ3v) is 3.84. The third kappa shape index (κ3) is 2.37. The van der Waals surface area contributed by atoms with Crippen LogP contribution < -0.4 is 5.32 Å². The Labute approximate surface area is 126 Å². The molecule has 2 N–H and O–H groups in total. The number of halogens is 3. The van der Waals surface area contributed by atoms with Gasteiger partial charge in [-0.15, -0.1) is 0 Å².